The minimum Gasteiger partial charge on any atom is -0.339 e. The first kappa shape index (κ1) is 15.2. The maximum Gasteiger partial charge on any atom is 0.229 e. The van der Waals surface area contributed by atoms with Crippen LogP contribution in [0, 0.1) is 6.92 Å². The molecule has 0 N–H and O–H groups in total. The molecule has 1 saturated carbocycles. The molecule has 2 aromatic heterocycles. The average Bonchev–Trinajstić information content (AvgIpc) is 2.94. The minimum atomic E-state index is 0.477. The summed E-state index contributed by atoms with van der Waals surface area (Å²) in [7, 11) is 2.04. The molecule has 0 aliphatic heterocycles. The lowest BCUT2D eigenvalue weighted by atomic mass is 9.85. The third kappa shape index (κ3) is 3.01. The topological polar surface area (TPSA) is 67.9 Å². The van der Waals surface area contributed by atoms with Crippen LogP contribution < -0.4 is 0 Å². The van der Waals surface area contributed by atoms with E-state index in [0.717, 1.165) is 34.1 Å². The van der Waals surface area contributed by atoms with Crippen LogP contribution in [0.25, 0.3) is 11.0 Å². The number of hydrogen-bond donors (Lipinski definition) is 0. The third-order valence-corrected chi connectivity index (χ3v) is 4.61. The zero-order chi connectivity index (χ0) is 16.5. The maximum atomic E-state index is 5.39. The van der Waals surface area contributed by atoms with Gasteiger partial charge in [-0.2, -0.15) is 4.98 Å². The van der Waals surface area contributed by atoms with Gasteiger partial charge in [0.2, 0.25) is 5.89 Å². The Morgan fingerprint density at radius 3 is 2.54 bits per heavy atom. The van der Waals surface area contributed by atoms with E-state index < -0.39 is 0 Å². The fraction of sp³-hybridized carbons (Fsp3) is 0.444. The normalized spacial score (nSPS) is 15.1. The first-order chi connectivity index (χ1) is 11.7. The Labute approximate surface area is 140 Å². The van der Waals surface area contributed by atoms with E-state index in [9.17, 15) is 0 Å². The highest BCUT2D eigenvalue weighted by Crippen LogP contribution is 2.35. The van der Waals surface area contributed by atoms with Crippen molar-refractivity contribution < 1.29 is 4.52 Å². The van der Waals surface area contributed by atoms with Gasteiger partial charge in [-0.15, -0.1) is 0 Å². The average molecular weight is 323 g/mol. The van der Waals surface area contributed by atoms with Crippen LogP contribution >= 0.6 is 0 Å². The van der Waals surface area contributed by atoms with Crippen LogP contribution in [0.1, 0.15) is 48.3 Å². The molecule has 2 heterocycles. The van der Waals surface area contributed by atoms with E-state index in [2.05, 4.69) is 20.0 Å². The molecule has 6 nitrogen and oxygen atoms in total. The van der Waals surface area contributed by atoms with Gasteiger partial charge in [0.15, 0.2) is 5.82 Å². The van der Waals surface area contributed by atoms with Crippen LogP contribution in [-0.4, -0.2) is 32.1 Å². The molecule has 0 spiro atoms. The summed E-state index contributed by atoms with van der Waals surface area (Å²) in [6.45, 7) is 3.35. The number of para-hydroxylation sites is 2. The minimum absolute atomic E-state index is 0.477. The van der Waals surface area contributed by atoms with Crippen molar-refractivity contribution in [3.63, 3.8) is 0 Å². The number of aromatic nitrogens is 4. The van der Waals surface area contributed by atoms with E-state index in [1.807, 2.05) is 38.2 Å². The molecule has 1 fully saturated rings. The van der Waals surface area contributed by atoms with Crippen molar-refractivity contribution in [3.8, 4) is 0 Å². The van der Waals surface area contributed by atoms with Crippen LogP contribution in [0.2, 0.25) is 0 Å². The highest BCUT2D eigenvalue weighted by Gasteiger charge is 2.25. The quantitative estimate of drug-likeness (QED) is 0.718. The largest absolute Gasteiger partial charge is 0.339 e. The summed E-state index contributed by atoms with van der Waals surface area (Å²) in [5, 5.41) is 4.11. The Morgan fingerprint density at radius 1 is 1.08 bits per heavy atom. The van der Waals surface area contributed by atoms with Crippen molar-refractivity contribution in [1.29, 1.82) is 0 Å². The lowest BCUT2D eigenvalue weighted by Crippen LogP contribution is -2.20. The molecule has 1 aliphatic carbocycles. The lowest BCUT2D eigenvalue weighted by molar-refractivity contribution is 0.280. The fourth-order valence-corrected chi connectivity index (χ4v) is 2.98. The van der Waals surface area contributed by atoms with Gasteiger partial charge < -0.3 is 4.52 Å². The SMILES string of the molecule is Cc1nc2ccccc2nc1CN(C)Cc1noc(C2CCC2)n1. The van der Waals surface area contributed by atoms with Crippen molar-refractivity contribution in [2.75, 3.05) is 7.05 Å². The molecule has 0 unspecified atom stereocenters. The fourth-order valence-electron chi connectivity index (χ4n) is 2.98. The van der Waals surface area contributed by atoms with Gasteiger partial charge in [0.1, 0.15) is 0 Å². The smallest absolute Gasteiger partial charge is 0.229 e. The van der Waals surface area contributed by atoms with Crippen molar-refractivity contribution in [3.05, 3.63) is 47.4 Å². The zero-order valence-corrected chi connectivity index (χ0v) is 14.1. The second-order valence-electron chi connectivity index (χ2n) is 6.59. The first-order valence-electron chi connectivity index (χ1n) is 8.42. The second-order valence-corrected chi connectivity index (χ2v) is 6.59. The van der Waals surface area contributed by atoms with Gasteiger partial charge in [-0.1, -0.05) is 23.7 Å². The lowest BCUT2D eigenvalue weighted by Gasteiger charge is -2.20. The number of rotatable bonds is 5. The summed E-state index contributed by atoms with van der Waals surface area (Å²) in [5.41, 5.74) is 3.81. The monoisotopic (exact) mass is 323 g/mol. The van der Waals surface area contributed by atoms with Crippen molar-refractivity contribution >= 4 is 11.0 Å². The molecule has 0 bridgehead atoms. The van der Waals surface area contributed by atoms with E-state index in [4.69, 9.17) is 9.51 Å². The van der Waals surface area contributed by atoms with Crippen LogP contribution in [0.4, 0.5) is 0 Å². The number of aryl methyl sites for hydroxylation is 1. The van der Waals surface area contributed by atoms with E-state index in [1.165, 1.54) is 19.3 Å². The van der Waals surface area contributed by atoms with E-state index >= 15 is 0 Å². The molecule has 3 aromatic rings. The van der Waals surface area contributed by atoms with Gasteiger partial charge in [-0.05, 0) is 38.9 Å². The van der Waals surface area contributed by atoms with E-state index in [0.29, 0.717) is 19.0 Å². The van der Waals surface area contributed by atoms with Crippen molar-refractivity contribution in [2.24, 2.45) is 0 Å². The Morgan fingerprint density at radius 2 is 1.83 bits per heavy atom. The molecule has 0 atom stereocenters. The maximum absolute atomic E-state index is 5.39. The molecule has 1 aromatic carbocycles. The Bertz CT molecular complexity index is 855. The molecule has 0 saturated heterocycles. The molecule has 0 radical (unpaired) electrons. The number of nitrogens with zero attached hydrogens (tertiary/aromatic N) is 5. The number of fused-ring (bicyclic) bond motifs is 1. The summed E-state index contributed by atoms with van der Waals surface area (Å²) >= 11 is 0. The molecule has 24 heavy (non-hydrogen) atoms. The van der Waals surface area contributed by atoms with Gasteiger partial charge in [-0.3, -0.25) is 4.90 Å². The highest BCUT2D eigenvalue weighted by molar-refractivity contribution is 5.74. The molecule has 0 amide bonds. The van der Waals surface area contributed by atoms with Crippen molar-refractivity contribution in [1.82, 2.24) is 25.0 Å². The summed E-state index contributed by atoms with van der Waals surface area (Å²) in [6.07, 6.45) is 3.61. The van der Waals surface area contributed by atoms with E-state index in [-0.39, 0.29) is 0 Å². The van der Waals surface area contributed by atoms with Gasteiger partial charge in [0.25, 0.3) is 0 Å². The highest BCUT2D eigenvalue weighted by atomic mass is 16.5. The summed E-state index contributed by atoms with van der Waals surface area (Å²) < 4.78 is 5.39. The molecular weight excluding hydrogens is 302 g/mol. The van der Waals surface area contributed by atoms with Crippen LogP contribution in [0.5, 0.6) is 0 Å². The molecule has 124 valence electrons. The summed E-state index contributed by atoms with van der Waals surface area (Å²) in [4.78, 5) is 16.1. The zero-order valence-electron chi connectivity index (χ0n) is 14.1. The number of benzene rings is 1. The van der Waals surface area contributed by atoms with Crippen LogP contribution in [0.3, 0.4) is 0 Å². The van der Waals surface area contributed by atoms with E-state index in [1.54, 1.807) is 0 Å². The van der Waals surface area contributed by atoms with Gasteiger partial charge >= 0.3 is 0 Å². The van der Waals surface area contributed by atoms with Crippen LogP contribution in [-0.2, 0) is 13.1 Å². The predicted molar refractivity (Wildman–Crippen MR) is 90.3 cm³/mol. The Kier molecular flexibility index (Phi) is 3.98. The summed E-state index contributed by atoms with van der Waals surface area (Å²) in [5.74, 6) is 2.02. The molecule has 4 rings (SSSR count). The second kappa shape index (κ2) is 6.28. The van der Waals surface area contributed by atoms with Gasteiger partial charge in [0, 0.05) is 12.5 Å². The third-order valence-electron chi connectivity index (χ3n) is 4.61. The molecule has 1 aliphatic rings. The predicted octanol–water partition coefficient (Wildman–Crippen LogP) is 3.22. The van der Waals surface area contributed by atoms with Gasteiger partial charge in [-0.25, -0.2) is 9.97 Å². The van der Waals surface area contributed by atoms with Crippen LogP contribution in [0.15, 0.2) is 28.8 Å². The van der Waals surface area contributed by atoms with Crippen molar-refractivity contribution in [2.45, 2.75) is 45.2 Å². The molecular formula is C18H21N5O. The van der Waals surface area contributed by atoms with Gasteiger partial charge in [0.05, 0.1) is 29.0 Å². The Balaban J connectivity index is 1.46. The summed E-state index contributed by atoms with van der Waals surface area (Å²) in [6, 6.07) is 7.96. The number of hydrogen-bond acceptors (Lipinski definition) is 6. The molecule has 6 heteroatoms. The first-order valence-corrected chi connectivity index (χ1v) is 8.42. The Hall–Kier alpha value is -2.34. The standard InChI is InChI=1S/C18H21N5O/c1-12-16(20-15-9-4-3-8-14(15)19-12)10-23(2)11-17-21-18(24-22-17)13-6-5-7-13/h3-4,8-9,13H,5-7,10-11H2,1-2H3.